The lowest BCUT2D eigenvalue weighted by Crippen LogP contribution is -2.35. The van der Waals surface area contributed by atoms with Crippen LogP contribution in [0, 0.1) is 5.92 Å². The number of rotatable bonds is 4. The predicted molar refractivity (Wildman–Crippen MR) is 80.4 cm³/mol. The first-order valence-electron chi connectivity index (χ1n) is 6.61. The summed E-state index contributed by atoms with van der Waals surface area (Å²) in [6.45, 7) is 4.76. The fraction of sp³-hybridized carbons (Fsp3) is 0.615. The standard InChI is InChI=1S/C13H19Cl2N3O/c1-2-16-12-10(14)7-11(15)13(17-12)18-5-3-9(8-19)4-6-18/h7,9,19H,2-6,8H2,1H3,(H,16,17). The van der Waals surface area contributed by atoms with Gasteiger partial charge in [-0.25, -0.2) is 4.98 Å². The third-order valence-corrected chi connectivity index (χ3v) is 3.99. The molecule has 1 aromatic heterocycles. The molecule has 0 spiro atoms. The van der Waals surface area contributed by atoms with Gasteiger partial charge in [0.05, 0.1) is 10.0 Å². The topological polar surface area (TPSA) is 48.4 Å². The number of piperidine rings is 1. The molecule has 0 unspecified atom stereocenters. The van der Waals surface area contributed by atoms with E-state index in [1.165, 1.54) is 0 Å². The number of hydrogen-bond acceptors (Lipinski definition) is 4. The fourth-order valence-corrected chi connectivity index (χ4v) is 2.84. The number of aliphatic hydroxyl groups excluding tert-OH is 1. The van der Waals surface area contributed by atoms with Gasteiger partial charge in [-0.1, -0.05) is 23.2 Å². The maximum atomic E-state index is 9.17. The summed E-state index contributed by atoms with van der Waals surface area (Å²) in [5.74, 6) is 1.85. The van der Waals surface area contributed by atoms with Crippen LogP contribution in [0.4, 0.5) is 11.6 Å². The Balaban J connectivity index is 2.17. The van der Waals surface area contributed by atoms with Crippen LogP contribution in [0.3, 0.4) is 0 Å². The molecule has 1 fully saturated rings. The lowest BCUT2D eigenvalue weighted by atomic mass is 9.98. The number of pyridine rings is 1. The number of aliphatic hydroxyl groups is 1. The highest BCUT2D eigenvalue weighted by atomic mass is 35.5. The smallest absolute Gasteiger partial charge is 0.149 e. The number of halogens is 2. The molecule has 0 atom stereocenters. The van der Waals surface area contributed by atoms with E-state index in [2.05, 4.69) is 15.2 Å². The summed E-state index contributed by atoms with van der Waals surface area (Å²) in [6, 6.07) is 1.74. The van der Waals surface area contributed by atoms with E-state index in [4.69, 9.17) is 28.3 Å². The average Bonchev–Trinajstić information content (AvgIpc) is 2.42. The van der Waals surface area contributed by atoms with Crippen molar-refractivity contribution < 1.29 is 5.11 Å². The Bertz CT molecular complexity index is 434. The van der Waals surface area contributed by atoms with Crippen molar-refractivity contribution in [1.29, 1.82) is 0 Å². The SMILES string of the molecule is CCNc1nc(N2CCC(CO)CC2)c(Cl)cc1Cl. The second-order valence-corrected chi connectivity index (χ2v) is 5.58. The van der Waals surface area contributed by atoms with E-state index >= 15 is 0 Å². The zero-order chi connectivity index (χ0) is 13.8. The lowest BCUT2D eigenvalue weighted by molar-refractivity contribution is 0.203. The number of nitrogens with one attached hydrogen (secondary N) is 1. The Morgan fingerprint density at radius 1 is 1.37 bits per heavy atom. The molecule has 0 aromatic carbocycles. The van der Waals surface area contributed by atoms with Crippen LogP contribution in [-0.2, 0) is 0 Å². The van der Waals surface area contributed by atoms with Gasteiger partial charge in [0.15, 0.2) is 0 Å². The highest BCUT2D eigenvalue weighted by molar-refractivity contribution is 6.37. The summed E-state index contributed by atoms with van der Waals surface area (Å²) in [6.07, 6.45) is 1.93. The molecule has 0 aliphatic carbocycles. The van der Waals surface area contributed by atoms with Gasteiger partial charge in [-0.05, 0) is 31.7 Å². The van der Waals surface area contributed by atoms with Gasteiger partial charge in [0, 0.05) is 26.2 Å². The Labute approximate surface area is 123 Å². The van der Waals surface area contributed by atoms with E-state index in [1.54, 1.807) is 6.07 Å². The molecule has 2 heterocycles. The molecular weight excluding hydrogens is 285 g/mol. The number of nitrogens with zero attached hydrogens (tertiary/aromatic N) is 2. The minimum Gasteiger partial charge on any atom is -0.396 e. The second kappa shape index (κ2) is 6.64. The molecule has 2 N–H and O–H groups in total. The minimum absolute atomic E-state index is 0.262. The van der Waals surface area contributed by atoms with Crippen molar-refractivity contribution in [2.45, 2.75) is 19.8 Å². The van der Waals surface area contributed by atoms with Crippen molar-refractivity contribution in [3.8, 4) is 0 Å². The molecule has 1 aromatic rings. The summed E-state index contributed by atoms with van der Waals surface area (Å²) in [5, 5.41) is 13.4. The number of hydrogen-bond donors (Lipinski definition) is 2. The molecule has 106 valence electrons. The van der Waals surface area contributed by atoms with Crippen LogP contribution in [0.1, 0.15) is 19.8 Å². The van der Waals surface area contributed by atoms with Crippen LogP contribution in [0.15, 0.2) is 6.07 Å². The molecule has 0 amide bonds. The fourth-order valence-electron chi connectivity index (χ4n) is 2.30. The van der Waals surface area contributed by atoms with Gasteiger partial charge in [-0.2, -0.15) is 0 Å². The molecule has 6 heteroatoms. The van der Waals surface area contributed by atoms with Gasteiger partial charge < -0.3 is 15.3 Å². The second-order valence-electron chi connectivity index (χ2n) is 4.77. The molecule has 1 saturated heterocycles. The van der Waals surface area contributed by atoms with Crippen LogP contribution in [0.25, 0.3) is 0 Å². The first-order valence-corrected chi connectivity index (χ1v) is 7.37. The van der Waals surface area contributed by atoms with Crippen LogP contribution < -0.4 is 10.2 Å². The third-order valence-electron chi connectivity index (χ3n) is 3.43. The lowest BCUT2D eigenvalue weighted by Gasteiger charge is -2.32. The van der Waals surface area contributed by atoms with E-state index in [0.717, 1.165) is 38.3 Å². The highest BCUT2D eigenvalue weighted by Crippen LogP contribution is 2.33. The highest BCUT2D eigenvalue weighted by Gasteiger charge is 2.22. The summed E-state index contributed by atoms with van der Waals surface area (Å²) in [4.78, 5) is 6.68. The Hall–Kier alpha value is -0.710. The molecule has 0 saturated carbocycles. The summed E-state index contributed by atoms with van der Waals surface area (Å²) in [7, 11) is 0. The van der Waals surface area contributed by atoms with E-state index in [9.17, 15) is 0 Å². The zero-order valence-corrected chi connectivity index (χ0v) is 12.5. The predicted octanol–water partition coefficient (Wildman–Crippen LogP) is 3.03. The van der Waals surface area contributed by atoms with Crippen molar-refractivity contribution >= 4 is 34.8 Å². The van der Waals surface area contributed by atoms with E-state index < -0.39 is 0 Å². The van der Waals surface area contributed by atoms with Gasteiger partial charge in [-0.3, -0.25) is 0 Å². The molecular formula is C13H19Cl2N3O. The quantitative estimate of drug-likeness (QED) is 0.897. The van der Waals surface area contributed by atoms with Crippen LogP contribution >= 0.6 is 23.2 Å². The molecule has 19 heavy (non-hydrogen) atoms. The maximum Gasteiger partial charge on any atom is 0.149 e. The van der Waals surface area contributed by atoms with Crippen molar-refractivity contribution in [2.24, 2.45) is 5.92 Å². The van der Waals surface area contributed by atoms with Gasteiger partial charge in [0.25, 0.3) is 0 Å². The van der Waals surface area contributed by atoms with Crippen LogP contribution in [0.5, 0.6) is 0 Å². The normalized spacial score (nSPS) is 16.7. The molecule has 1 aliphatic heterocycles. The van der Waals surface area contributed by atoms with Crippen molar-refractivity contribution in [3.05, 3.63) is 16.1 Å². The third kappa shape index (κ3) is 3.44. The van der Waals surface area contributed by atoms with Gasteiger partial charge in [0.2, 0.25) is 0 Å². The first kappa shape index (κ1) is 14.7. The Morgan fingerprint density at radius 2 is 2.05 bits per heavy atom. The first-order chi connectivity index (χ1) is 9.15. The average molecular weight is 304 g/mol. The summed E-state index contributed by atoms with van der Waals surface area (Å²) < 4.78 is 0. The van der Waals surface area contributed by atoms with Gasteiger partial charge >= 0.3 is 0 Å². The molecule has 1 aliphatic rings. The minimum atomic E-state index is 0.262. The van der Waals surface area contributed by atoms with Crippen molar-refractivity contribution in [2.75, 3.05) is 36.5 Å². The zero-order valence-electron chi connectivity index (χ0n) is 11.0. The molecule has 0 bridgehead atoms. The van der Waals surface area contributed by atoms with E-state index in [-0.39, 0.29) is 6.61 Å². The van der Waals surface area contributed by atoms with Crippen LogP contribution in [-0.4, -0.2) is 36.3 Å². The van der Waals surface area contributed by atoms with E-state index in [0.29, 0.717) is 21.8 Å². The Morgan fingerprint density at radius 3 is 2.63 bits per heavy atom. The molecule has 0 radical (unpaired) electrons. The van der Waals surface area contributed by atoms with Gasteiger partial charge in [-0.15, -0.1) is 0 Å². The van der Waals surface area contributed by atoms with Crippen molar-refractivity contribution in [3.63, 3.8) is 0 Å². The molecule has 2 rings (SSSR count). The summed E-state index contributed by atoms with van der Waals surface area (Å²) in [5.41, 5.74) is 0. The number of anilines is 2. The van der Waals surface area contributed by atoms with Crippen molar-refractivity contribution in [1.82, 2.24) is 4.98 Å². The van der Waals surface area contributed by atoms with E-state index in [1.807, 2.05) is 6.92 Å². The maximum absolute atomic E-state index is 9.17. The van der Waals surface area contributed by atoms with Crippen LogP contribution in [0.2, 0.25) is 10.0 Å². The van der Waals surface area contributed by atoms with Gasteiger partial charge in [0.1, 0.15) is 11.6 Å². The summed E-state index contributed by atoms with van der Waals surface area (Å²) >= 11 is 12.3. The number of aromatic nitrogens is 1. The largest absolute Gasteiger partial charge is 0.396 e. The monoisotopic (exact) mass is 303 g/mol. The Kier molecular flexibility index (Phi) is 5.13. The molecule has 4 nitrogen and oxygen atoms in total.